The Morgan fingerprint density at radius 1 is 1.14 bits per heavy atom. The molecule has 13 heteroatoms. The van der Waals surface area contributed by atoms with Crippen LogP contribution in [0.5, 0.6) is 0 Å². The maximum atomic E-state index is 12.8. The number of halogens is 5. The zero-order chi connectivity index (χ0) is 25.9. The van der Waals surface area contributed by atoms with Crippen molar-refractivity contribution >= 4 is 23.4 Å². The van der Waals surface area contributed by atoms with Gasteiger partial charge in [-0.1, -0.05) is 6.92 Å². The average Bonchev–Trinajstić information content (AvgIpc) is 3.23. The zero-order valence-corrected chi connectivity index (χ0v) is 19.6. The zero-order valence-electron chi connectivity index (χ0n) is 19.6. The molecule has 3 aromatic rings. The lowest BCUT2D eigenvalue weighted by atomic mass is 9.77. The molecular weight excluding hydrogens is 485 g/mol. The number of hydrogen-bond donors (Lipinski definition) is 0. The standard InChI is InChI=1S/C23H26F5N7O/c1-22(4-7-33(15-36)13-17-3-2-16(10-29-17)23(26,27)28)5-8-34(9-6-22)20-12-30-18-11-31-35(14-19(24)25)21(18)32-20/h2-3,10-12,15,19H,4-9,13-14H2,1H3. The number of aromatic nitrogens is 5. The van der Waals surface area contributed by atoms with Crippen LogP contribution in [0.1, 0.15) is 37.4 Å². The fraction of sp³-hybridized carbons (Fsp3) is 0.522. The Kier molecular flexibility index (Phi) is 7.36. The van der Waals surface area contributed by atoms with Crippen LogP contribution in [0.25, 0.3) is 11.2 Å². The molecule has 0 radical (unpaired) electrons. The minimum atomic E-state index is -4.45. The summed E-state index contributed by atoms with van der Waals surface area (Å²) in [6.45, 7) is 3.53. The highest BCUT2D eigenvalue weighted by molar-refractivity contribution is 5.71. The van der Waals surface area contributed by atoms with E-state index in [2.05, 4.69) is 31.9 Å². The number of amides is 1. The fourth-order valence-corrected chi connectivity index (χ4v) is 4.26. The van der Waals surface area contributed by atoms with E-state index in [4.69, 9.17) is 0 Å². The number of piperidine rings is 1. The number of alkyl halides is 5. The number of fused-ring (bicyclic) bond motifs is 1. The molecule has 0 aromatic carbocycles. The van der Waals surface area contributed by atoms with Crippen molar-refractivity contribution in [1.82, 2.24) is 29.6 Å². The van der Waals surface area contributed by atoms with Gasteiger partial charge in [-0.15, -0.1) is 0 Å². The Bertz CT molecular complexity index is 1170. The van der Waals surface area contributed by atoms with Gasteiger partial charge in [0.1, 0.15) is 17.9 Å². The Morgan fingerprint density at radius 3 is 2.50 bits per heavy atom. The van der Waals surface area contributed by atoms with Crippen molar-refractivity contribution in [3.8, 4) is 0 Å². The van der Waals surface area contributed by atoms with Gasteiger partial charge in [-0.3, -0.25) is 9.78 Å². The number of hydrogen-bond acceptors (Lipinski definition) is 6. The summed E-state index contributed by atoms with van der Waals surface area (Å²) in [5, 5.41) is 3.94. The third kappa shape index (κ3) is 6.05. The second-order valence-corrected chi connectivity index (χ2v) is 9.31. The van der Waals surface area contributed by atoms with Gasteiger partial charge in [0.05, 0.1) is 30.2 Å². The number of anilines is 1. The first-order chi connectivity index (χ1) is 17.1. The summed E-state index contributed by atoms with van der Waals surface area (Å²) in [4.78, 5) is 27.8. The minimum Gasteiger partial charge on any atom is -0.355 e. The molecule has 1 aliphatic rings. The summed E-state index contributed by atoms with van der Waals surface area (Å²) in [7, 11) is 0. The van der Waals surface area contributed by atoms with Crippen molar-refractivity contribution in [3.63, 3.8) is 0 Å². The Morgan fingerprint density at radius 2 is 1.89 bits per heavy atom. The molecular formula is C23H26F5N7O. The van der Waals surface area contributed by atoms with Gasteiger partial charge in [0, 0.05) is 25.8 Å². The van der Waals surface area contributed by atoms with Crippen LogP contribution in [0.4, 0.5) is 27.8 Å². The number of pyridine rings is 1. The van der Waals surface area contributed by atoms with Crippen molar-refractivity contribution in [3.05, 3.63) is 42.0 Å². The highest BCUT2D eigenvalue weighted by Gasteiger charge is 2.32. The van der Waals surface area contributed by atoms with E-state index in [0.29, 0.717) is 55.1 Å². The lowest BCUT2D eigenvalue weighted by molar-refractivity contribution is -0.137. The van der Waals surface area contributed by atoms with Crippen LogP contribution >= 0.6 is 0 Å². The van der Waals surface area contributed by atoms with Crippen molar-refractivity contribution in [2.75, 3.05) is 24.5 Å². The van der Waals surface area contributed by atoms with E-state index in [9.17, 15) is 26.7 Å². The monoisotopic (exact) mass is 511 g/mol. The van der Waals surface area contributed by atoms with E-state index in [-0.39, 0.29) is 12.0 Å². The van der Waals surface area contributed by atoms with Gasteiger partial charge in [-0.25, -0.2) is 23.4 Å². The van der Waals surface area contributed by atoms with Crippen LogP contribution in [0.15, 0.2) is 30.7 Å². The molecule has 0 saturated carbocycles. The number of nitrogens with zero attached hydrogens (tertiary/aromatic N) is 7. The first-order valence-electron chi connectivity index (χ1n) is 11.5. The Balaban J connectivity index is 1.32. The third-order valence-electron chi connectivity index (χ3n) is 6.61. The van der Waals surface area contributed by atoms with Crippen molar-refractivity contribution < 1.29 is 26.7 Å². The molecule has 0 aliphatic carbocycles. The smallest absolute Gasteiger partial charge is 0.355 e. The highest BCUT2D eigenvalue weighted by Crippen LogP contribution is 2.36. The fourth-order valence-electron chi connectivity index (χ4n) is 4.26. The van der Waals surface area contributed by atoms with Crippen LogP contribution in [0, 0.1) is 5.41 Å². The predicted molar refractivity (Wildman–Crippen MR) is 121 cm³/mol. The highest BCUT2D eigenvalue weighted by atomic mass is 19.4. The normalized spacial score (nSPS) is 16.0. The van der Waals surface area contributed by atoms with E-state index < -0.39 is 24.7 Å². The van der Waals surface area contributed by atoms with Crippen LogP contribution < -0.4 is 4.90 Å². The summed E-state index contributed by atoms with van der Waals surface area (Å²) < 4.78 is 64.9. The quantitative estimate of drug-likeness (QED) is 0.317. The summed E-state index contributed by atoms with van der Waals surface area (Å²) in [5.41, 5.74) is 0.276. The largest absolute Gasteiger partial charge is 0.417 e. The first kappa shape index (κ1) is 25.7. The van der Waals surface area contributed by atoms with Gasteiger partial charge in [0.25, 0.3) is 6.43 Å². The Labute approximate surface area is 204 Å². The van der Waals surface area contributed by atoms with E-state index in [1.165, 1.54) is 17.2 Å². The van der Waals surface area contributed by atoms with E-state index in [1.54, 1.807) is 6.20 Å². The van der Waals surface area contributed by atoms with Gasteiger partial charge in [0.15, 0.2) is 5.65 Å². The van der Waals surface area contributed by atoms with Crippen LogP contribution in [-0.4, -0.2) is 62.1 Å². The molecule has 194 valence electrons. The number of rotatable bonds is 9. The third-order valence-corrected chi connectivity index (χ3v) is 6.61. The Hall–Kier alpha value is -3.38. The van der Waals surface area contributed by atoms with E-state index >= 15 is 0 Å². The molecule has 4 heterocycles. The van der Waals surface area contributed by atoms with Crippen LogP contribution in [0.3, 0.4) is 0 Å². The SMILES string of the molecule is CC1(CCN(C=O)Cc2ccc(C(F)(F)F)cn2)CCN(c2cnc3cnn(CC(F)F)c3n2)CC1. The molecule has 36 heavy (non-hydrogen) atoms. The van der Waals surface area contributed by atoms with Gasteiger partial charge in [0.2, 0.25) is 6.41 Å². The van der Waals surface area contributed by atoms with Crippen molar-refractivity contribution in [1.29, 1.82) is 0 Å². The van der Waals surface area contributed by atoms with Gasteiger partial charge in [-0.2, -0.15) is 18.3 Å². The maximum Gasteiger partial charge on any atom is 0.417 e. The topological polar surface area (TPSA) is 80.0 Å². The van der Waals surface area contributed by atoms with Crippen molar-refractivity contribution in [2.24, 2.45) is 5.41 Å². The summed E-state index contributed by atoms with van der Waals surface area (Å²) >= 11 is 0. The molecule has 0 unspecified atom stereocenters. The second-order valence-electron chi connectivity index (χ2n) is 9.31. The van der Waals surface area contributed by atoms with Gasteiger partial charge >= 0.3 is 6.18 Å². The van der Waals surface area contributed by atoms with Gasteiger partial charge in [-0.05, 0) is 36.8 Å². The lowest BCUT2D eigenvalue weighted by Gasteiger charge is -2.40. The second kappa shape index (κ2) is 10.3. The van der Waals surface area contributed by atoms with Crippen molar-refractivity contribution in [2.45, 2.75) is 51.9 Å². The molecule has 0 atom stereocenters. The summed E-state index contributed by atoms with van der Waals surface area (Å²) in [5.74, 6) is 0.600. The summed E-state index contributed by atoms with van der Waals surface area (Å²) in [6.07, 6.45) is -0.166. The molecule has 0 N–H and O–H groups in total. The summed E-state index contributed by atoms with van der Waals surface area (Å²) in [6, 6.07) is 2.24. The lowest BCUT2D eigenvalue weighted by Crippen LogP contribution is -2.40. The molecule has 3 aromatic heterocycles. The van der Waals surface area contributed by atoms with E-state index in [0.717, 1.165) is 29.8 Å². The van der Waals surface area contributed by atoms with Gasteiger partial charge < -0.3 is 9.80 Å². The minimum absolute atomic E-state index is 0.0552. The predicted octanol–water partition coefficient (Wildman–Crippen LogP) is 4.16. The average molecular weight is 511 g/mol. The number of carbonyl (C=O) groups is 1. The molecule has 4 rings (SSSR count). The molecule has 1 saturated heterocycles. The maximum absolute atomic E-state index is 12.8. The molecule has 1 aliphatic heterocycles. The van der Waals surface area contributed by atoms with Crippen LogP contribution in [0.2, 0.25) is 0 Å². The van der Waals surface area contributed by atoms with E-state index in [1.807, 2.05) is 0 Å². The molecule has 0 spiro atoms. The first-order valence-corrected chi connectivity index (χ1v) is 11.5. The van der Waals surface area contributed by atoms with Crippen LogP contribution in [-0.2, 0) is 24.1 Å². The molecule has 0 bridgehead atoms. The molecule has 1 amide bonds. The molecule has 8 nitrogen and oxygen atoms in total. The molecule has 1 fully saturated rings. The number of carbonyl (C=O) groups excluding carboxylic acids is 1.